The molecule has 0 bridgehead atoms. The van der Waals surface area contributed by atoms with Gasteiger partial charge in [0.15, 0.2) is 0 Å². The van der Waals surface area contributed by atoms with Gasteiger partial charge in [0.05, 0.1) is 18.9 Å². The highest BCUT2D eigenvalue weighted by atomic mass is 16.5. The van der Waals surface area contributed by atoms with Gasteiger partial charge in [0.2, 0.25) is 0 Å². The molecule has 20 heavy (non-hydrogen) atoms. The van der Waals surface area contributed by atoms with E-state index in [0.29, 0.717) is 17.1 Å². The molecule has 0 aliphatic carbocycles. The number of nitrogens with two attached hydrogens (primary N) is 1. The van der Waals surface area contributed by atoms with Gasteiger partial charge in [-0.15, -0.1) is 0 Å². The number of methoxy groups -OCH3 is 1. The van der Waals surface area contributed by atoms with Crippen LogP contribution in [0.5, 0.6) is 5.75 Å². The molecule has 0 saturated carbocycles. The molecule has 0 radical (unpaired) electrons. The molecule has 0 aliphatic rings. The summed E-state index contributed by atoms with van der Waals surface area (Å²) in [5.41, 5.74) is 6.83. The lowest BCUT2D eigenvalue weighted by Gasteiger charge is -2.19. The molecule has 112 valence electrons. The Bertz CT molecular complexity index is 449. The lowest BCUT2D eigenvalue weighted by atomic mass is 10.2. The van der Waals surface area contributed by atoms with E-state index in [1.807, 2.05) is 6.92 Å². The van der Waals surface area contributed by atoms with Crippen molar-refractivity contribution < 1.29 is 14.3 Å². The van der Waals surface area contributed by atoms with Crippen LogP contribution in [-0.2, 0) is 9.53 Å². The Kier molecular flexibility index (Phi) is 6.31. The highest BCUT2D eigenvalue weighted by Gasteiger charge is 2.18. The van der Waals surface area contributed by atoms with Crippen molar-refractivity contribution in [3.63, 3.8) is 0 Å². The van der Waals surface area contributed by atoms with Crippen molar-refractivity contribution in [3.05, 3.63) is 18.2 Å². The second-order valence-corrected chi connectivity index (χ2v) is 4.83. The van der Waals surface area contributed by atoms with E-state index in [1.165, 1.54) is 0 Å². The van der Waals surface area contributed by atoms with E-state index in [4.69, 9.17) is 15.2 Å². The average Bonchev–Trinajstić information content (AvgIpc) is 2.39. The average molecular weight is 280 g/mol. The number of amides is 1. The smallest absolute Gasteiger partial charge is 0.253 e. The van der Waals surface area contributed by atoms with Crippen LogP contribution in [0.3, 0.4) is 0 Å². The van der Waals surface area contributed by atoms with Crippen LogP contribution in [0.1, 0.15) is 33.6 Å². The van der Waals surface area contributed by atoms with Gasteiger partial charge in [0, 0.05) is 5.69 Å². The zero-order chi connectivity index (χ0) is 15.1. The summed E-state index contributed by atoms with van der Waals surface area (Å²) in [6, 6.07) is 5.10. The molecular weight excluding hydrogens is 256 g/mol. The number of ether oxygens (including phenoxy) is 2. The Morgan fingerprint density at radius 1 is 1.40 bits per heavy atom. The largest absolute Gasteiger partial charge is 0.495 e. The van der Waals surface area contributed by atoms with Gasteiger partial charge in [-0.3, -0.25) is 4.79 Å². The normalized spacial score (nSPS) is 13.6. The summed E-state index contributed by atoms with van der Waals surface area (Å²) in [5.74, 6) is 0.359. The third-order valence-electron chi connectivity index (χ3n) is 2.98. The molecule has 5 heteroatoms. The Labute approximate surface area is 120 Å². The fourth-order valence-electron chi connectivity index (χ4n) is 1.94. The second-order valence-electron chi connectivity index (χ2n) is 4.83. The molecule has 0 aliphatic heterocycles. The molecule has 2 unspecified atom stereocenters. The zero-order valence-corrected chi connectivity index (χ0v) is 12.6. The SMILES string of the molecule is CCCC(C)OC(C)C(=O)Nc1cc(N)ccc1OC. The molecule has 0 saturated heterocycles. The number of rotatable bonds is 7. The van der Waals surface area contributed by atoms with E-state index in [-0.39, 0.29) is 12.0 Å². The van der Waals surface area contributed by atoms with Crippen LogP contribution >= 0.6 is 0 Å². The lowest BCUT2D eigenvalue weighted by Crippen LogP contribution is -2.30. The zero-order valence-electron chi connectivity index (χ0n) is 12.6. The summed E-state index contributed by atoms with van der Waals surface area (Å²) in [5, 5.41) is 2.78. The number of carbonyl (C=O) groups is 1. The Morgan fingerprint density at radius 3 is 2.70 bits per heavy atom. The minimum absolute atomic E-state index is 0.0588. The Balaban J connectivity index is 2.68. The van der Waals surface area contributed by atoms with Crippen LogP contribution in [0.4, 0.5) is 11.4 Å². The summed E-state index contributed by atoms with van der Waals surface area (Å²) in [6.07, 6.45) is 1.49. The van der Waals surface area contributed by atoms with E-state index < -0.39 is 6.10 Å². The third kappa shape index (κ3) is 4.74. The summed E-state index contributed by atoms with van der Waals surface area (Å²) in [4.78, 5) is 12.1. The number of hydrogen-bond donors (Lipinski definition) is 2. The van der Waals surface area contributed by atoms with Crippen LogP contribution in [0.25, 0.3) is 0 Å². The number of nitrogen functional groups attached to an aromatic ring is 1. The van der Waals surface area contributed by atoms with Crippen molar-refractivity contribution in [1.29, 1.82) is 0 Å². The second kappa shape index (κ2) is 7.75. The van der Waals surface area contributed by atoms with E-state index in [0.717, 1.165) is 12.8 Å². The maximum atomic E-state index is 12.1. The fraction of sp³-hybridized carbons (Fsp3) is 0.533. The number of carbonyl (C=O) groups excluding carboxylic acids is 1. The van der Waals surface area contributed by atoms with Gasteiger partial charge in [-0.25, -0.2) is 0 Å². The summed E-state index contributed by atoms with van der Waals surface area (Å²) >= 11 is 0. The topological polar surface area (TPSA) is 73.6 Å². The first-order valence-electron chi connectivity index (χ1n) is 6.87. The van der Waals surface area contributed by atoms with Crippen LogP contribution < -0.4 is 15.8 Å². The first-order valence-corrected chi connectivity index (χ1v) is 6.87. The summed E-state index contributed by atoms with van der Waals surface area (Å²) < 4.78 is 10.8. The number of nitrogens with one attached hydrogen (secondary N) is 1. The predicted molar refractivity (Wildman–Crippen MR) is 81.0 cm³/mol. The van der Waals surface area contributed by atoms with Crippen LogP contribution in [0.2, 0.25) is 0 Å². The standard InChI is InChI=1S/C15H24N2O3/c1-5-6-10(2)20-11(3)15(18)17-13-9-12(16)7-8-14(13)19-4/h7-11H,5-6,16H2,1-4H3,(H,17,18). The molecule has 1 aromatic carbocycles. The van der Waals surface area contributed by atoms with Crippen molar-refractivity contribution in [2.24, 2.45) is 0 Å². The molecule has 1 amide bonds. The Morgan fingerprint density at radius 2 is 2.10 bits per heavy atom. The number of benzene rings is 1. The van der Waals surface area contributed by atoms with Crippen molar-refractivity contribution in [2.45, 2.75) is 45.8 Å². The molecule has 1 rings (SSSR count). The Hall–Kier alpha value is -1.75. The maximum Gasteiger partial charge on any atom is 0.253 e. The molecule has 5 nitrogen and oxygen atoms in total. The first kappa shape index (κ1) is 16.3. The van der Waals surface area contributed by atoms with Gasteiger partial charge in [0.25, 0.3) is 5.91 Å². The summed E-state index contributed by atoms with van der Waals surface area (Å²) in [7, 11) is 1.55. The molecule has 2 atom stereocenters. The first-order chi connectivity index (χ1) is 9.47. The monoisotopic (exact) mass is 280 g/mol. The van der Waals surface area contributed by atoms with Crippen LogP contribution in [0, 0.1) is 0 Å². The van der Waals surface area contributed by atoms with Gasteiger partial charge < -0.3 is 20.5 Å². The quantitative estimate of drug-likeness (QED) is 0.753. The van der Waals surface area contributed by atoms with Crippen molar-refractivity contribution in [3.8, 4) is 5.75 Å². The van der Waals surface area contributed by atoms with Crippen molar-refractivity contribution in [2.75, 3.05) is 18.2 Å². The molecular formula is C15H24N2O3. The third-order valence-corrected chi connectivity index (χ3v) is 2.98. The van der Waals surface area contributed by atoms with Gasteiger partial charge in [-0.2, -0.15) is 0 Å². The van der Waals surface area contributed by atoms with E-state index in [9.17, 15) is 4.79 Å². The molecule has 1 aromatic rings. The molecule has 0 aromatic heterocycles. The summed E-state index contributed by atoms with van der Waals surface area (Å²) in [6.45, 7) is 5.79. The lowest BCUT2D eigenvalue weighted by molar-refractivity contribution is -0.129. The van der Waals surface area contributed by atoms with Gasteiger partial charge in [-0.1, -0.05) is 13.3 Å². The highest BCUT2D eigenvalue weighted by molar-refractivity contribution is 5.95. The van der Waals surface area contributed by atoms with E-state index in [1.54, 1.807) is 32.2 Å². The molecule has 3 N–H and O–H groups in total. The molecule has 0 heterocycles. The number of anilines is 2. The van der Waals surface area contributed by atoms with Gasteiger partial charge >= 0.3 is 0 Å². The van der Waals surface area contributed by atoms with Gasteiger partial charge in [-0.05, 0) is 38.5 Å². The van der Waals surface area contributed by atoms with Crippen molar-refractivity contribution >= 4 is 17.3 Å². The molecule has 0 spiro atoms. The molecule has 0 fully saturated rings. The van der Waals surface area contributed by atoms with Crippen molar-refractivity contribution in [1.82, 2.24) is 0 Å². The maximum absolute atomic E-state index is 12.1. The minimum atomic E-state index is -0.525. The van der Waals surface area contributed by atoms with Gasteiger partial charge in [0.1, 0.15) is 11.9 Å². The van der Waals surface area contributed by atoms with Crippen LogP contribution in [-0.4, -0.2) is 25.2 Å². The predicted octanol–water partition coefficient (Wildman–Crippen LogP) is 2.81. The highest BCUT2D eigenvalue weighted by Crippen LogP contribution is 2.26. The van der Waals surface area contributed by atoms with E-state index in [2.05, 4.69) is 12.2 Å². The van der Waals surface area contributed by atoms with Crippen LogP contribution in [0.15, 0.2) is 18.2 Å². The fourth-order valence-corrected chi connectivity index (χ4v) is 1.94. The van der Waals surface area contributed by atoms with E-state index >= 15 is 0 Å². The minimum Gasteiger partial charge on any atom is -0.495 e. The number of hydrogen-bond acceptors (Lipinski definition) is 4.